The van der Waals surface area contributed by atoms with Crippen molar-refractivity contribution >= 4 is 15.9 Å². The lowest BCUT2D eigenvalue weighted by molar-refractivity contribution is -0.123. The normalized spacial score (nSPS) is 12.8. The average molecular weight is 375 g/mol. The van der Waals surface area contributed by atoms with E-state index in [1.165, 1.54) is 0 Å². The SMILES string of the molecule is CCc1ccc(S(=O)(=O)N[C@H](C(=O)NCc2cccnc2)C(C)C)cc1. The van der Waals surface area contributed by atoms with E-state index in [1.54, 1.807) is 56.6 Å². The number of hydrogen-bond acceptors (Lipinski definition) is 4. The minimum absolute atomic E-state index is 0.153. The third-order valence-corrected chi connectivity index (χ3v) is 5.52. The number of hydrogen-bond donors (Lipinski definition) is 2. The van der Waals surface area contributed by atoms with E-state index in [2.05, 4.69) is 15.0 Å². The van der Waals surface area contributed by atoms with Crippen molar-refractivity contribution in [3.8, 4) is 0 Å². The van der Waals surface area contributed by atoms with Crippen LogP contribution in [-0.4, -0.2) is 25.4 Å². The Morgan fingerprint density at radius 2 is 1.81 bits per heavy atom. The molecule has 0 radical (unpaired) electrons. The molecule has 0 spiro atoms. The maximum atomic E-state index is 12.6. The Hall–Kier alpha value is -2.25. The van der Waals surface area contributed by atoms with Gasteiger partial charge in [-0.1, -0.05) is 39.0 Å². The number of benzene rings is 1. The molecule has 0 saturated heterocycles. The molecule has 2 N–H and O–H groups in total. The Balaban J connectivity index is 2.09. The van der Waals surface area contributed by atoms with Gasteiger partial charge >= 0.3 is 0 Å². The van der Waals surface area contributed by atoms with Crippen LogP contribution in [0.1, 0.15) is 31.9 Å². The summed E-state index contributed by atoms with van der Waals surface area (Å²) < 4.78 is 27.8. The molecule has 26 heavy (non-hydrogen) atoms. The van der Waals surface area contributed by atoms with E-state index in [9.17, 15) is 13.2 Å². The molecule has 1 aromatic heterocycles. The molecule has 140 valence electrons. The van der Waals surface area contributed by atoms with Gasteiger partial charge in [0.25, 0.3) is 0 Å². The van der Waals surface area contributed by atoms with Crippen molar-refractivity contribution in [3.05, 3.63) is 59.9 Å². The number of pyridine rings is 1. The number of amides is 1. The molecule has 0 aliphatic carbocycles. The maximum Gasteiger partial charge on any atom is 0.241 e. The van der Waals surface area contributed by atoms with E-state index < -0.39 is 16.1 Å². The number of carbonyl (C=O) groups is 1. The standard InChI is InChI=1S/C19H25N3O3S/c1-4-15-7-9-17(10-8-15)26(24,25)22-18(14(2)3)19(23)21-13-16-6-5-11-20-12-16/h5-12,14,18,22H,4,13H2,1-3H3,(H,21,23)/t18-/m0/s1. The molecule has 2 aromatic rings. The molecule has 1 heterocycles. The molecule has 0 unspecified atom stereocenters. The monoisotopic (exact) mass is 375 g/mol. The molecule has 6 nitrogen and oxygen atoms in total. The minimum Gasteiger partial charge on any atom is -0.351 e. The first-order chi connectivity index (χ1) is 12.3. The fourth-order valence-electron chi connectivity index (χ4n) is 2.43. The lowest BCUT2D eigenvalue weighted by atomic mass is 10.0. The first kappa shape index (κ1) is 20.1. The van der Waals surface area contributed by atoms with Gasteiger partial charge in [-0.3, -0.25) is 9.78 Å². The summed E-state index contributed by atoms with van der Waals surface area (Å²) in [4.78, 5) is 16.7. The summed E-state index contributed by atoms with van der Waals surface area (Å²) in [6, 6.07) is 9.45. The van der Waals surface area contributed by atoms with Crippen LogP contribution in [0.2, 0.25) is 0 Å². The molecule has 0 fully saturated rings. The second-order valence-corrected chi connectivity index (χ2v) is 8.13. The second kappa shape index (κ2) is 8.91. The van der Waals surface area contributed by atoms with Crippen LogP contribution in [0.5, 0.6) is 0 Å². The van der Waals surface area contributed by atoms with Gasteiger partial charge in [0.15, 0.2) is 0 Å². The second-order valence-electron chi connectivity index (χ2n) is 6.42. The Morgan fingerprint density at radius 3 is 2.35 bits per heavy atom. The van der Waals surface area contributed by atoms with E-state index in [-0.39, 0.29) is 16.7 Å². The predicted molar refractivity (Wildman–Crippen MR) is 101 cm³/mol. The van der Waals surface area contributed by atoms with Gasteiger partial charge in [-0.2, -0.15) is 4.72 Å². The van der Waals surface area contributed by atoms with Crippen LogP contribution in [0.25, 0.3) is 0 Å². The molecule has 0 bridgehead atoms. The molecule has 0 saturated carbocycles. The van der Waals surface area contributed by atoms with Crippen LogP contribution in [0.15, 0.2) is 53.7 Å². The van der Waals surface area contributed by atoms with Gasteiger partial charge in [0.1, 0.15) is 6.04 Å². The summed E-state index contributed by atoms with van der Waals surface area (Å²) in [5.74, 6) is -0.564. The maximum absolute atomic E-state index is 12.6. The van der Waals surface area contributed by atoms with E-state index in [4.69, 9.17) is 0 Å². The molecular weight excluding hydrogens is 350 g/mol. The summed E-state index contributed by atoms with van der Waals surface area (Å²) in [5, 5.41) is 2.77. The summed E-state index contributed by atoms with van der Waals surface area (Å²) >= 11 is 0. The number of nitrogens with one attached hydrogen (secondary N) is 2. The van der Waals surface area contributed by atoms with Crippen molar-refractivity contribution in [1.29, 1.82) is 0 Å². The summed E-state index contributed by atoms with van der Waals surface area (Å²) in [6.07, 6.45) is 4.14. The Labute approximate surface area is 155 Å². The molecule has 0 aliphatic heterocycles. The smallest absolute Gasteiger partial charge is 0.241 e. The van der Waals surface area contributed by atoms with Crippen molar-refractivity contribution < 1.29 is 13.2 Å². The van der Waals surface area contributed by atoms with Gasteiger partial charge in [-0.25, -0.2) is 8.42 Å². The van der Waals surface area contributed by atoms with Gasteiger partial charge in [0, 0.05) is 18.9 Å². The number of aromatic nitrogens is 1. The van der Waals surface area contributed by atoms with Gasteiger partial charge in [-0.15, -0.1) is 0 Å². The zero-order chi connectivity index (χ0) is 19.2. The summed E-state index contributed by atoms with van der Waals surface area (Å²) in [6.45, 7) is 5.90. The van der Waals surface area contributed by atoms with E-state index in [1.807, 2.05) is 13.0 Å². The fourth-order valence-corrected chi connectivity index (χ4v) is 3.78. The summed E-state index contributed by atoms with van der Waals surface area (Å²) in [5.41, 5.74) is 1.90. The zero-order valence-electron chi connectivity index (χ0n) is 15.3. The molecule has 0 aliphatic rings. The Morgan fingerprint density at radius 1 is 1.12 bits per heavy atom. The number of sulfonamides is 1. The lowest BCUT2D eigenvalue weighted by Crippen LogP contribution is -2.49. The van der Waals surface area contributed by atoms with E-state index in [0.29, 0.717) is 6.54 Å². The van der Waals surface area contributed by atoms with Crippen molar-refractivity contribution in [2.75, 3.05) is 0 Å². The fraction of sp³-hybridized carbons (Fsp3) is 0.368. The van der Waals surface area contributed by atoms with Crippen molar-refractivity contribution in [1.82, 2.24) is 15.0 Å². The third kappa shape index (κ3) is 5.37. The van der Waals surface area contributed by atoms with Crippen LogP contribution in [0, 0.1) is 5.92 Å². The Bertz CT molecular complexity index is 819. The first-order valence-corrected chi connectivity index (χ1v) is 10.1. The van der Waals surface area contributed by atoms with Crippen molar-refractivity contribution in [2.24, 2.45) is 5.92 Å². The topological polar surface area (TPSA) is 88.2 Å². The molecule has 1 amide bonds. The highest BCUT2D eigenvalue weighted by Crippen LogP contribution is 2.14. The number of carbonyl (C=O) groups excluding carboxylic acids is 1. The first-order valence-electron chi connectivity index (χ1n) is 8.61. The highest BCUT2D eigenvalue weighted by molar-refractivity contribution is 7.89. The number of aryl methyl sites for hydroxylation is 1. The van der Waals surface area contributed by atoms with Crippen LogP contribution >= 0.6 is 0 Å². The quantitative estimate of drug-likeness (QED) is 0.741. The van der Waals surface area contributed by atoms with E-state index >= 15 is 0 Å². The molecule has 2 rings (SSSR count). The highest BCUT2D eigenvalue weighted by Gasteiger charge is 2.28. The number of nitrogens with zero attached hydrogens (tertiary/aromatic N) is 1. The third-order valence-electron chi connectivity index (χ3n) is 4.06. The molecule has 1 aromatic carbocycles. The lowest BCUT2D eigenvalue weighted by Gasteiger charge is -2.21. The van der Waals surface area contributed by atoms with Gasteiger partial charge in [0.05, 0.1) is 4.90 Å². The van der Waals surface area contributed by atoms with E-state index in [0.717, 1.165) is 17.5 Å². The van der Waals surface area contributed by atoms with Crippen LogP contribution in [-0.2, 0) is 27.8 Å². The number of rotatable bonds is 8. The van der Waals surface area contributed by atoms with Crippen molar-refractivity contribution in [2.45, 2.75) is 44.7 Å². The largest absolute Gasteiger partial charge is 0.351 e. The Kier molecular flexibility index (Phi) is 6.88. The zero-order valence-corrected chi connectivity index (χ0v) is 16.1. The molecule has 7 heteroatoms. The predicted octanol–water partition coefficient (Wildman–Crippen LogP) is 2.26. The molecule has 1 atom stereocenters. The average Bonchev–Trinajstić information content (AvgIpc) is 2.65. The van der Waals surface area contributed by atoms with Gasteiger partial charge in [0.2, 0.25) is 15.9 Å². The van der Waals surface area contributed by atoms with Gasteiger partial charge < -0.3 is 5.32 Å². The van der Waals surface area contributed by atoms with Crippen LogP contribution < -0.4 is 10.0 Å². The molecular formula is C19H25N3O3S. The van der Waals surface area contributed by atoms with Crippen LogP contribution in [0.3, 0.4) is 0 Å². The van der Waals surface area contributed by atoms with Crippen LogP contribution in [0.4, 0.5) is 0 Å². The highest BCUT2D eigenvalue weighted by atomic mass is 32.2. The summed E-state index contributed by atoms with van der Waals surface area (Å²) in [7, 11) is -3.78. The van der Waals surface area contributed by atoms with Crippen molar-refractivity contribution in [3.63, 3.8) is 0 Å². The minimum atomic E-state index is -3.78. The van der Waals surface area contributed by atoms with Gasteiger partial charge in [-0.05, 0) is 41.7 Å².